The third-order valence-corrected chi connectivity index (χ3v) is 5.61. The van der Waals surface area contributed by atoms with Crippen molar-refractivity contribution in [2.24, 2.45) is 0 Å². The SMILES string of the molecule is Cc1ccc(N(CCC(=O)NCCC2=CCCCC2)S(C)(=O)=O)cc1. The Labute approximate surface area is 151 Å². The number of carbonyl (C=O) groups is 1. The third kappa shape index (κ3) is 6.53. The molecule has 1 aliphatic carbocycles. The molecule has 0 saturated heterocycles. The van der Waals surface area contributed by atoms with Crippen molar-refractivity contribution in [1.82, 2.24) is 5.32 Å². The molecule has 25 heavy (non-hydrogen) atoms. The molecule has 0 fully saturated rings. The van der Waals surface area contributed by atoms with Crippen molar-refractivity contribution in [1.29, 1.82) is 0 Å². The summed E-state index contributed by atoms with van der Waals surface area (Å²) in [6, 6.07) is 7.27. The van der Waals surface area contributed by atoms with E-state index in [1.165, 1.54) is 29.0 Å². The fraction of sp³-hybridized carbons (Fsp3) is 0.526. The summed E-state index contributed by atoms with van der Waals surface area (Å²) >= 11 is 0. The summed E-state index contributed by atoms with van der Waals surface area (Å²) < 4.78 is 25.4. The first-order valence-electron chi connectivity index (χ1n) is 8.85. The molecule has 0 heterocycles. The highest BCUT2D eigenvalue weighted by atomic mass is 32.2. The smallest absolute Gasteiger partial charge is 0.232 e. The van der Waals surface area contributed by atoms with E-state index in [0.29, 0.717) is 12.2 Å². The number of carbonyl (C=O) groups excluding carboxylic acids is 1. The van der Waals surface area contributed by atoms with Crippen LogP contribution < -0.4 is 9.62 Å². The van der Waals surface area contributed by atoms with Crippen molar-refractivity contribution >= 4 is 21.6 Å². The van der Waals surface area contributed by atoms with Crippen LogP contribution in [0.1, 0.15) is 44.1 Å². The number of rotatable bonds is 8. The monoisotopic (exact) mass is 364 g/mol. The van der Waals surface area contributed by atoms with E-state index in [-0.39, 0.29) is 18.9 Å². The lowest BCUT2D eigenvalue weighted by Crippen LogP contribution is -2.35. The molecule has 5 nitrogen and oxygen atoms in total. The van der Waals surface area contributed by atoms with Gasteiger partial charge < -0.3 is 5.32 Å². The van der Waals surface area contributed by atoms with Gasteiger partial charge in [0.25, 0.3) is 0 Å². The lowest BCUT2D eigenvalue weighted by Gasteiger charge is -2.22. The summed E-state index contributed by atoms with van der Waals surface area (Å²) in [5, 5.41) is 2.90. The largest absolute Gasteiger partial charge is 0.356 e. The van der Waals surface area contributed by atoms with Crippen molar-refractivity contribution in [3.05, 3.63) is 41.5 Å². The number of hydrogen-bond acceptors (Lipinski definition) is 3. The standard InChI is InChI=1S/C19H28N2O3S/c1-16-8-10-18(11-9-16)21(25(2,23)24)15-13-19(22)20-14-12-17-6-4-3-5-7-17/h6,8-11H,3-5,7,12-15H2,1-2H3,(H,20,22). The van der Waals surface area contributed by atoms with Gasteiger partial charge in [0.1, 0.15) is 0 Å². The van der Waals surface area contributed by atoms with Crippen LogP contribution in [0.25, 0.3) is 0 Å². The van der Waals surface area contributed by atoms with Gasteiger partial charge >= 0.3 is 0 Å². The summed E-state index contributed by atoms with van der Waals surface area (Å²) in [6.07, 6.45) is 9.25. The topological polar surface area (TPSA) is 66.5 Å². The highest BCUT2D eigenvalue weighted by Gasteiger charge is 2.18. The van der Waals surface area contributed by atoms with E-state index in [4.69, 9.17) is 0 Å². The number of aryl methyl sites for hydroxylation is 1. The van der Waals surface area contributed by atoms with Crippen LogP contribution in [-0.4, -0.2) is 33.7 Å². The van der Waals surface area contributed by atoms with Crippen LogP contribution in [0.2, 0.25) is 0 Å². The molecule has 0 bridgehead atoms. The van der Waals surface area contributed by atoms with Crippen molar-refractivity contribution in [3.8, 4) is 0 Å². The number of nitrogens with zero attached hydrogens (tertiary/aromatic N) is 1. The molecule has 0 saturated carbocycles. The summed E-state index contributed by atoms with van der Waals surface area (Å²) in [4.78, 5) is 12.0. The van der Waals surface area contributed by atoms with E-state index >= 15 is 0 Å². The molecule has 1 aromatic carbocycles. The second-order valence-electron chi connectivity index (χ2n) is 6.63. The number of amides is 1. The lowest BCUT2D eigenvalue weighted by molar-refractivity contribution is -0.120. The highest BCUT2D eigenvalue weighted by Crippen LogP contribution is 2.20. The minimum Gasteiger partial charge on any atom is -0.356 e. The Morgan fingerprint density at radius 2 is 1.92 bits per heavy atom. The van der Waals surface area contributed by atoms with Gasteiger partial charge in [-0.15, -0.1) is 0 Å². The number of sulfonamides is 1. The zero-order chi connectivity index (χ0) is 18.3. The van der Waals surface area contributed by atoms with Crippen LogP contribution in [0, 0.1) is 6.92 Å². The predicted molar refractivity (Wildman–Crippen MR) is 102 cm³/mol. The molecule has 0 unspecified atom stereocenters. The molecule has 0 aromatic heterocycles. The van der Waals surface area contributed by atoms with E-state index in [9.17, 15) is 13.2 Å². The number of nitrogens with one attached hydrogen (secondary N) is 1. The number of allylic oxidation sites excluding steroid dienone is 1. The van der Waals surface area contributed by atoms with Gasteiger partial charge in [-0.1, -0.05) is 29.3 Å². The van der Waals surface area contributed by atoms with Gasteiger partial charge in [-0.05, 0) is 51.2 Å². The molecule has 1 N–H and O–H groups in total. The second kappa shape index (κ2) is 9.04. The molecule has 0 radical (unpaired) electrons. The highest BCUT2D eigenvalue weighted by molar-refractivity contribution is 7.92. The molecule has 0 spiro atoms. The van der Waals surface area contributed by atoms with Crippen LogP contribution >= 0.6 is 0 Å². The fourth-order valence-corrected chi connectivity index (χ4v) is 3.91. The maximum Gasteiger partial charge on any atom is 0.232 e. The first-order valence-corrected chi connectivity index (χ1v) is 10.7. The average molecular weight is 365 g/mol. The lowest BCUT2D eigenvalue weighted by atomic mass is 9.97. The summed E-state index contributed by atoms with van der Waals surface area (Å²) in [5.74, 6) is -0.114. The normalized spacial score (nSPS) is 14.7. The van der Waals surface area contributed by atoms with Gasteiger partial charge in [-0.2, -0.15) is 0 Å². The minimum absolute atomic E-state index is 0.114. The van der Waals surface area contributed by atoms with Gasteiger partial charge in [0, 0.05) is 19.5 Å². The Hall–Kier alpha value is -1.82. The Kier molecular flexibility index (Phi) is 7.05. The van der Waals surface area contributed by atoms with Gasteiger partial charge in [0.2, 0.25) is 15.9 Å². The van der Waals surface area contributed by atoms with E-state index in [1.54, 1.807) is 12.1 Å². The van der Waals surface area contributed by atoms with Crippen LogP contribution in [0.15, 0.2) is 35.9 Å². The van der Waals surface area contributed by atoms with E-state index < -0.39 is 10.0 Å². The minimum atomic E-state index is -3.42. The predicted octanol–water partition coefficient (Wildman–Crippen LogP) is 3.16. The van der Waals surface area contributed by atoms with Crippen molar-refractivity contribution in [2.45, 2.75) is 45.4 Å². The molecule has 1 amide bonds. The maximum absolute atomic E-state index is 12.0. The molecule has 0 aliphatic heterocycles. The maximum atomic E-state index is 12.0. The molecule has 6 heteroatoms. The summed E-state index contributed by atoms with van der Waals surface area (Å²) in [5.41, 5.74) is 3.07. The van der Waals surface area contributed by atoms with E-state index in [2.05, 4.69) is 11.4 Å². The van der Waals surface area contributed by atoms with Crippen LogP contribution in [0.3, 0.4) is 0 Å². The Morgan fingerprint density at radius 1 is 1.20 bits per heavy atom. The zero-order valence-electron chi connectivity index (χ0n) is 15.1. The quantitative estimate of drug-likeness (QED) is 0.721. The van der Waals surface area contributed by atoms with Crippen LogP contribution in [-0.2, 0) is 14.8 Å². The molecule has 1 aromatic rings. The van der Waals surface area contributed by atoms with E-state index in [1.807, 2.05) is 19.1 Å². The first kappa shape index (κ1) is 19.5. The Balaban J connectivity index is 1.84. The molecule has 2 rings (SSSR count). The fourth-order valence-electron chi connectivity index (χ4n) is 2.98. The first-order chi connectivity index (χ1) is 11.9. The van der Waals surface area contributed by atoms with Crippen molar-refractivity contribution in [3.63, 3.8) is 0 Å². The zero-order valence-corrected chi connectivity index (χ0v) is 15.9. The van der Waals surface area contributed by atoms with Crippen molar-refractivity contribution < 1.29 is 13.2 Å². The van der Waals surface area contributed by atoms with Crippen LogP contribution in [0.4, 0.5) is 5.69 Å². The molecule has 1 aliphatic rings. The Morgan fingerprint density at radius 3 is 2.52 bits per heavy atom. The van der Waals surface area contributed by atoms with Gasteiger partial charge in [0.15, 0.2) is 0 Å². The number of anilines is 1. The van der Waals surface area contributed by atoms with Gasteiger partial charge in [-0.3, -0.25) is 9.10 Å². The third-order valence-electron chi connectivity index (χ3n) is 4.42. The molecule has 138 valence electrons. The number of benzene rings is 1. The van der Waals surface area contributed by atoms with Gasteiger partial charge in [-0.25, -0.2) is 8.42 Å². The Bertz CT molecular complexity index is 709. The molecular weight excluding hydrogens is 336 g/mol. The van der Waals surface area contributed by atoms with Gasteiger partial charge in [0.05, 0.1) is 11.9 Å². The van der Waals surface area contributed by atoms with Crippen LogP contribution in [0.5, 0.6) is 0 Å². The molecule has 0 atom stereocenters. The van der Waals surface area contributed by atoms with Crippen molar-refractivity contribution in [2.75, 3.05) is 23.7 Å². The second-order valence-corrected chi connectivity index (χ2v) is 8.54. The summed E-state index contributed by atoms with van der Waals surface area (Å²) in [6.45, 7) is 2.72. The summed E-state index contributed by atoms with van der Waals surface area (Å²) in [7, 11) is -3.42. The average Bonchev–Trinajstić information content (AvgIpc) is 2.56. The van der Waals surface area contributed by atoms with E-state index in [0.717, 1.165) is 24.8 Å². The number of hydrogen-bond donors (Lipinski definition) is 1. The molecular formula is C19H28N2O3S.